The molecule has 0 saturated heterocycles. The molecule has 3 rings (SSSR count). The monoisotopic (exact) mass is 266 g/mol. The fourth-order valence-electron chi connectivity index (χ4n) is 2.55. The number of nitrogen functional groups attached to an aromatic ring is 1. The average Bonchev–Trinajstić information content (AvgIpc) is 2.77. The quantitative estimate of drug-likeness (QED) is 0.721. The Bertz CT molecular complexity index is 771. The molecule has 2 heterocycles. The van der Waals surface area contributed by atoms with Gasteiger partial charge in [0.05, 0.1) is 0 Å². The van der Waals surface area contributed by atoms with Crippen molar-refractivity contribution in [1.29, 1.82) is 0 Å². The van der Waals surface area contributed by atoms with Crippen molar-refractivity contribution in [2.24, 2.45) is 0 Å². The van der Waals surface area contributed by atoms with Crippen molar-refractivity contribution in [2.75, 3.05) is 5.73 Å². The number of aromatic nitrogens is 3. The number of hydrogen-bond acceptors (Lipinski definition) is 3. The number of pyridine rings is 1. The van der Waals surface area contributed by atoms with Crippen molar-refractivity contribution < 1.29 is 0 Å². The molecule has 2 aromatic heterocycles. The molecule has 0 aliphatic rings. The van der Waals surface area contributed by atoms with Crippen molar-refractivity contribution in [2.45, 2.75) is 26.8 Å². The average molecular weight is 266 g/mol. The third kappa shape index (κ3) is 1.93. The van der Waals surface area contributed by atoms with Crippen LogP contribution in [0.1, 0.15) is 25.5 Å². The molecule has 4 heteroatoms. The maximum absolute atomic E-state index is 5.84. The molecule has 4 nitrogen and oxygen atoms in total. The van der Waals surface area contributed by atoms with E-state index in [0.717, 1.165) is 33.8 Å². The van der Waals surface area contributed by atoms with Gasteiger partial charge >= 0.3 is 0 Å². The summed E-state index contributed by atoms with van der Waals surface area (Å²) in [6, 6.07) is 10.1. The number of anilines is 1. The van der Waals surface area contributed by atoms with E-state index in [0.29, 0.717) is 6.04 Å². The van der Waals surface area contributed by atoms with E-state index in [9.17, 15) is 0 Å². The normalized spacial score (nSPS) is 11.4. The minimum absolute atomic E-state index is 0.293. The highest BCUT2D eigenvalue weighted by molar-refractivity contribution is 5.78. The molecule has 102 valence electrons. The highest BCUT2D eigenvalue weighted by Gasteiger charge is 2.16. The Morgan fingerprint density at radius 2 is 2.00 bits per heavy atom. The van der Waals surface area contributed by atoms with Crippen LogP contribution in [0.3, 0.4) is 0 Å². The van der Waals surface area contributed by atoms with Crippen LogP contribution in [0, 0.1) is 6.92 Å². The van der Waals surface area contributed by atoms with Gasteiger partial charge in [0.1, 0.15) is 11.3 Å². The van der Waals surface area contributed by atoms with Crippen LogP contribution >= 0.6 is 0 Å². The van der Waals surface area contributed by atoms with E-state index in [1.165, 1.54) is 0 Å². The minimum atomic E-state index is 0.293. The number of nitrogens with two attached hydrogens (primary N) is 1. The largest absolute Gasteiger partial charge is 0.399 e. The maximum Gasteiger partial charge on any atom is 0.160 e. The first-order chi connectivity index (χ1) is 9.58. The van der Waals surface area contributed by atoms with Crippen molar-refractivity contribution in [3.8, 4) is 11.4 Å². The van der Waals surface area contributed by atoms with Gasteiger partial charge in [0.15, 0.2) is 5.65 Å². The molecule has 1 aromatic carbocycles. The van der Waals surface area contributed by atoms with Gasteiger partial charge in [-0.3, -0.25) is 0 Å². The molecule has 0 aliphatic carbocycles. The Kier molecular flexibility index (Phi) is 2.93. The molecule has 0 aliphatic heterocycles. The lowest BCUT2D eigenvalue weighted by Gasteiger charge is -2.14. The molecule has 2 N–H and O–H groups in total. The summed E-state index contributed by atoms with van der Waals surface area (Å²) < 4.78 is 2.17. The first kappa shape index (κ1) is 12.7. The van der Waals surface area contributed by atoms with Crippen LogP contribution < -0.4 is 5.73 Å². The number of benzene rings is 1. The topological polar surface area (TPSA) is 56.7 Å². The van der Waals surface area contributed by atoms with Crippen molar-refractivity contribution >= 4 is 16.9 Å². The van der Waals surface area contributed by atoms with Gasteiger partial charge in [0, 0.05) is 23.5 Å². The third-order valence-corrected chi connectivity index (χ3v) is 3.46. The lowest BCUT2D eigenvalue weighted by Crippen LogP contribution is -2.05. The minimum Gasteiger partial charge on any atom is -0.399 e. The SMILES string of the molecule is Cc1cc(N)ccc1-c1nc2cccnc2n1C(C)C. The van der Waals surface area contributed by atoms with Gasteiger partial charge < -0.3 is 10.3 Å². The summed E-state index contributed by atoms with van der Waals surface area (Å²) in [6.45, 7) is 6.35. The Balaban J connectivity index is 2.32. The lowest BCUT2D eigenvalue weighted by molar-refractivity contribution is 0.619. The second kappa shape index (κ2) is 4.63. The van der Waals surface area contributed by atoms with E-state index in [4.69, 9.17) is 10.7 Å². The van der Waals surface area contributed by atoms with Gasteiger partial charge in [-0.1, -0.05) is 0 Å². The zero-order valence-electron chi connectivity index (χ0n) is 12.0. The number of hydrogen-bond donors (Lipinski definition) is 1. The number of nitrogens with zero attached hydrogens (tertiary/aromatic N) is 3. The highest BCUT2D eigenvalue weighted by Crippen LogP contribution is 2.30. The van der Waals surface area contributed by atoms with Crippen LogP contribution in [0.15, 0.2) is 36.5 Å². The summed E-state index contributed by atoms with van der Waals surface area (Å²) in [5.74, 6) is 0.950. The van der Waals surface area contributed by atoms with Crippen LogP contribution in [0.4, 0.5) is 5.69 Å². The fraction of sp³-hybridized carbons (Fsp3) is 0.250. The van der Waals surface area contributed by atoms with E-state index in [1.807, 2.05) is 36.5 Å². The van der Waals surface area contributed by atoms with Gasteiger partial charge in [-0.05, 0) is 56.7 Å². The molecule has 0 saturated carbocycles. The Morgan fingerprint density at radius 1 is 1.20 bits per heavy atom. The molecule has 0 radical (unpaired) electrons. The summed E-state index contributed by atoms with van der Waals surface area (Å²) in [5, 5.41) is 0. The fourth-order valence-corrected chi connectivity index (χ4v) is 2.55. The summed E-state index contributed by atoms with van der Waals surface area (Å²) in [5.41, 5.74) is 10.7. The molecule has 3 aromatic rings. The number of fused-ring (bicyclic) bond motifs is 1. The highest BCUT2D eigenvalue weighted by atomic mass is 15.1. The molecule has 20 heavy (non-hydrogen) atoms. The summed E-state index contributed by atoms with van der Waals surface area (Å²) in [4.78, 5) is 9.23. The molecule has 0 unspecified atom stereocenters. The second-order valence-corrected chi connectivity index (χ2v) is 5.32. The lowest BCUT2D eigenvalue weighted by atomic mass is 10.1. The summed E-state index contributed by atoms with van der Waals surface area (Å²) in [7, 11) is 0. The van der Waals surface area contributed by atoms with Crippen molar-refractivity contribution in [3.05, 3.63) is 42.1 Å². The summed E-state index contributed by atoms with van der Waals surface area (Å²) in [6.07, 6.45) is 1.81. The van der Waals surface area contributed by atoms with Crippen LogP contribution in [0.5, 0.6) is 0 Å². The van der Waals surface area contributed by atoms with Crippen LogP contribution in [0.25, 0.3) is 22.6 Å². The van der Waals surface area contributed by atoms with E-state index in [-0.39, 0.29) is 0 Å². The number of rotatable bonds is 2. The van der Waals surface area contributed by atoms with Gasteiger partial charge in [-0.2, -0.15) is 0 Å². The van der Waals surface area contributed by atoms with E-state index in [1.54, 1.807) is 0 Å². The predicted molar refractivity (Wildman–Crippen MR) is 82.5 cm³/mol. The van der Waals surface area contributed by atoms with Gasteiger partial charge in [0.2, 0.25) is 0 Å². The smallest absolute Gasteiger partial charge is 0.160 e. The molecule has 0 spiro atoms. The van der Waals surface area contributed by atoms with Gasteiger partial charge in [-0.15, -0.1) is 0 Å². The van der Waals surface area contributed by atoms with E-state index >= 15 is 0 Å². The Morgan fingerprint density at radius 3 is 2.70 bits per heavy atom. The maximum atomic E-state index is 5.84. The Labute approximate surface area is 118 Å². The zero-order valence-corrected chi connectivity index (χ0v) is 12.0. The molecule has 0 fully saturated rings. The summed E-state index contributed by atoms with van der Waals surface area (Å²) >= 11 is 0. The van der Waals surface area contributed by atoms with E-state index in [2.05, 4.69) is 30.3 Å². The van der Waals surface area contributed by atoms with E-state index < -0.39 is 0 Å². The first-order valence-electron chi connectivity index (χ1n) is 6.77. The number of aryl methyl sites for hydroxylation is 1. The van der Waals surface area contributed by atoms with Crippen molar-refractivity contribution in [3.63, 3.8) is 0 Å². The van der Waals surface area contributed by atoms with Crippen LogP contribution in [-0.4, -0.2) is 14.5 Å². The van der Waals surface area contributed by atoms with Gasteiger partial charge in [0.25, 0.3) is 0 Å². The van der Waals surface area contributed by atoms with Crippen LogP contribution in [-0.2, 0) is 0 Å². The van der Waals surface area contributed by atoms with Crippen molar-refractivity contribution in [1.82, 2.24) is 14.5 Å². The Hall–Kier alpha value is -2.36. The third-order valence-electron chi connectivity index (χ3n) is 3.46. The van der Waals surface area contributed by atoms with Crippen LogP contribution in [0.2, 0.25) is 0 Å². The number of imidazole rings is 1. The second-order valence-electron chi connectivity index (χ2n) is 5.32. The molecule has 0 bridgehead atoms. The molecule has 0 atom stereocenters. The molecule has 0 amide bonds. The molecular formula is C16H18N4. The first-order valence-corrected chi connectivity index (χ1v) is 6.77. The molecular weight excluding hydrogens is 248 g/mol. The predicted octanol–water partition coefficient (Wildman–Crippen LogP) is 3.57. The standard InChI is InChI=1S/C16H18N4/c1-10(2)20-15(13-7-6-12(17)9-11(13)3)19-14-5-4-8-18-16(14)20/h4-10H,17H2,1-3H3. The van der Waals surface area contributed by atoms with Gasteiger partial charge in [-0.25, -0.2) is 9.97 Å². The zero-order chi connectivity index (χ0) is 14.3.